The highest BCUT2D eigenvalue weighted by atomic mass is 32.1. The number of hydrogen-bond acceptors (Lipinski definition) is 5. The van der Waals surface area contributed by atoms with Crippen molar-refractivity contribution in [2.45, 2.75) is 0 Å². The Hall–Kier alpha value is -2.70. The highest BCUT2D eigenvalue weighted by Gasteiger charge is 2.08. The predicted octanol–water partition coefficient (Wildman–Crippen LogP) is 3.24. The van der Waals surface area contributed by atoms with E-state index in [1.807, 2.05) is 0 Å². The van der Waals surface area contributed by atoms with Crippen molar-refractivity contribution in [3.8, 4) is 12.1 Å². The molecular weight excluding hydrogens is 250 g/mol. The third-order valence-electron chi connectivity index (χ3n) is 2.26. The normalized spacial score (nSPS) is 9.44. The lowest BCUT2D eigenvalue weighted by Crippen LogP contribution is -1.85. The highest BCUT2D eigenvalue weighted by Crippen LogP contribution is 2.30. The van der Waals surface area contributed by atoms with E-state index in [0.717, 1.165) is 15.0 Å². The van der Waals surface area contributed by atoms with Gasteiger partial charge in [-0.1, -0.05) is 0 Å². The zero-order valence-corrected chi connectivity index (χ0v) is 9.77. The number of nitriles is 2. The lowest BCUT2D eigenvalue weighted by Gasteiger charge is -1.89. The zero-order valence-electron chi connectivity index (χ0n) is 8.95. The largest absolute Gasteiger partial charge is 0.270 e. The van der Waals surface area contributed by atoms with Crippen LogP contribution in [0.1, 0.15) is 4.88 Å². The number of allylic oxidation sites excluding steroid dienone is 1. The van der Waals surface area contributed by atoms with Crippen molar-refractivity contribution in [1.29, 1.82) is 10.5 Å². The molecule has 18 heavy (non-hydrogen) atoms. The number of nitro benzene ring substituents is 1. The van der Waals surface area contributed by atoms with E-state index in [1.54, 1.807) is 24.3 Å². The molecule has 6 heteroatoms. The molecule has 0 unspecified atom stereocenters. The molecule has 2 rings (SSSR count). The van der Waals surface area contributed by atoms with Gasteiger partial charge in [0.2, 0.25) is 0 Å². The average molecular weight is 255 g/mol. The minimum Gasteiger partial charge on any atom is -0.258 e. The first-order chi connectivity index (χ1) is 8.63. The van der Waals surface area contributed by atoms with E-state index in [9.17, 15) is 10.1 Å². The summed E-state index contributed by atoms with van der Waals surface area (Å²) in [5.41, 5.74) is 0.0349. The minimum atomic E-state index is -0.456. The van der Waals surface area contributed by atoms with Crippen LogP contribution in [0, 0.1) is 32.8 Å². The summed E-state index contributed by atoms with van der Waals surface area (Å²) in [5, 5.41) is 28.7. The SMILES string of the molecule is N#CC(C#N)=Cc1cc2cc([N+](=O)[O-])ccc2s1. The van der Waals surface area contributed by atoms with Gasteiger partial charge in [-0.25, -0.2) is 0 Å². The molecule has 2 aromatic rings. The van der Waals surface area contributed by atoms with Crippen LogP contribution in [0.3, 0.4) is 0 Å². The summed E-state index contributed by atoms with van der Waals surface area (Å²) < 4.78 is 0.877. The standard InChI is InChI=1S/C12H5N3O2S/c13-6-8(7-14)3-11-5-9-4-10(15(16)17)1-2-12(9)18-11/h1-5H. The van der Waals surface area contributed by atoms with E-state index in [2.05, 4.69) is 0 Å². The summed E-state index contributed by atoms with van der Waals surface area (Å²) in [7, 11) is 0. The van der Waals surface area contributed by atoms with E-state index < -0.39 is 4.92 Å². The molecule has 1 heterocycles. The van der Waals surface area contributed by atoms with Crippen LogP contribution >= 0.6 is 11.3 Å². The predicted molar refractivity (Wildman–Crippen MR) is 67.7 cm³/mol. The summed E-state index contributed by atoms with van der Waals surface area (Å²) in [6.07, 6.45) is 1.47. The second-order valence-corrected chi connectivity index (χ2v) is 4.52. The van der Waals surface area contributed by atoms with E-state index in [1.165, 1.54) is 29.5 Å². The zero-order chi connectivity index (χ0) is 13.1. The van der Waals surface area contributed by atoms with E-state index in [0.29, 0.717) is 0 Å². The number of non-ortho nitro benzene ring substituents is 1. The van der Waals surface area contributed by atoms with Crippen LogP contribution < -0.4 is 0 Å². The first-order valence-electron chi connectivity index (χ1n) is 4.84. The first kappa shape index (κ1) is 11.8. The number of benzene rings is 1. The van der Waals surface area contributed by atoms with Crippen LogP contribution in [0.4, 0.5) is 5.69 Å². The second kappa shape index (κ2) is 4.66. The fourth-order valence-corrected chi connectivity index (χ4v) is 2.46. The maximum atomic E-state index is 10.6. The van der Waals surface area contributed by atoms with Crippen molar-refractivity contribution in [3.05, 3.63) is 44.8 Å². The Morgan fingerprint density at radius 1 is 1.33 bits per heavy atom. The molecule has 0 saturated heterocycles. The molecule has 0 radical (unpaired) electrons. The molecule has 0 bridgehead atoms. The van der Waals surface area contributed by atoms with Gasteiger partial charge in [0.25, 0.3) is 5.69 Å². The van der Waals surface area contributed by atoms with Crippen LogP contribution in [0.5, 0.6) is 0 Å². The monoisotopic (exact) mass is 255 g/mol. The molecule has 0 spiro atoms. The van der Waals surface area contributed by atoms with Gasteiger partial charge in [-0.15, -0.1) is 11.3 Å². The topological polar surface area (TPSA) is 90.7 Å². The quantitative estimate of drug-likeness (QED) is 0.468. The maximum absolute atomic E-state index is 10.6. The number of hydrogen-bond donors (Lipinski definition) is 0. The Morgan fingerprint density at radius 2 is 2.06 bits per heavy atom. The number of nitrogens with zero attached hydrogens (tertiary/aromatic N) is 3. The fourth-order valence-electron chi connectivity index (χ4n) is 1.47. The van der Waals surface area contributed by atoms with Crippen molar-refractivity contribution in [3.63, 3.8) is 0 Å². The van der Waals surface area contributed by atoms with Gasteiger partial charge in [0.05, 0.1) is 4.92 Å². The molecule has 0 amide bonds. The van der Waals surface area contributed by atoms with Crippen LogP contribution in [0.15, 0.2) is 29.8 Å². The molecule has 5 nitrogen and oxygen atoms in total. The van der Waals surface area contributed by atoms with Gasteiger partial charge < -0.3 is 0 Å². The van der Waals surface area contributed by atoms with Crippen LogP contribution in [-0.4, -0.2) is 4.92 Å². The van der Waals surface area contributed by atoms with Crippen LogP contribution in [0.2, 0.25) is 0 Å². The molecule has 0 aliphatic carbocycles. The Balaban J connectivity index is 2.52. The smallest absolute Gasteiger partial charge is 0.258 e. The summed E-state index contributed by atoms with van der Waals surface area (Å²) >= 11 is 1.38. The van der Waals surface area contributed by atoms with E-state index in [4.69, 9.17) is 10.5 Å². The Morgan fingerprint density at radius 3 is 2.67 bits per heavy atom. The Bertz CT molecular complexity index is 731. The van der Waals surface area contributed by atoms with Gasteiger partial charge >= 0.3 is 0 Å². The summed E-state index contributed by atoms with van der Waals surface area (Å²) in [6, 6.07) is 9.84. The molecule has 0 aliphatic rings. The maximum Gasteiger partial charge on any atom is 0.270 e. The first-order valence-corrected chi connectivity index (χ1v) is 5.65. The molecule has 0 aliphatic heterocycles. The van der Waals surface area contributed by atoms with Gasteiger partial charge in [0.1, 0.15) is 17.7 Å². The summed E-state index contributed by atoms with van der Waals surface area (Å²) in [4.78, 5) is 10.9. The van der Waals surface area contributed by atoms with E-state index in [-0.39, 0.29) is 11.3 Å². The average Bonchev–Trinajstić information content (AvgIpc) is 2.76. The molecule has 1 aromatic carbocycles. The van der Waals surface area contributed by atoms with Gasteiger partial charge in [0.15, 0.2) is 0 Å². The Labute approximate surface area is 106 Å². The van der Waals surface area contributed by atoms with Crippen molar-refractivity contribution >= 4 is 33.2 Å². The molecule has 0 N–H and O–H groups in total. The van der Waals surface area contributed by atoms with Crippen molar-refractivity contribution in [1.82, 2.24) is 0 Å². The molecule has 0 saturated carbocycles. The Kier molecular flexibility index (Phi) is 3.05. The molecule has 86 valence electrons. The number of rotatable bonds is 2. The fraction of sp³-hybridized carbons (Fsp3) is 0. The summed E-state index contributed by atoms with van der Waals surface area (Å²) in [6.45, 7) is 0. The van der Waals surface area contributed by atoms with Gasteiger partial charge in [-0.05, 0) is 23.6 Å². The van der Waals surface area contributed by atoms with Crippen LogP contribution in [-0.2, 0) is 0 Å². The van der Waals surface area contributed by atoms with Gasteiger partial charge in [0, 0.05) is 21.7 Å². The number of thiophene rings is 1. The number of nitro groups is 1. The molecular formula is C12H5N3O2S. The van der Waals surface area contributed by atoms with Gasteiger partial charge in [-0.2, -0.15) is 10.5 Å². The van der Waals surface area contributed by atoms with Crippen LogP contribution in [0.25, 0.3) is 16.2 Å². The van der Waals surface area contributed by atoms with Crippen molar-refractivity contribution in [2.24, 2.45) is 0 Å². The third-order valence-corrected chi connectivity index (χ3v) is 3.32. The third kappa shape index (κ3) is 2.19. The molecule has 0 atom stereocenters. The van der Waals surface area contributed by atoms with Crippen molar-refractivity contribution in [2.75, 3.05) is 0 Å². The lowest BCUT2D eigenvalue weighted by molar-refractivity contribution is -0.384. The van der Waals surface area contributed by atoms with E-state index >= 15 is 0 Å². The minimum absolute atomic E-state index is 0.0102. The second-order valence-electron chi connectivity index (χ2n) is 3.41. The summed E-state index contributed by atoms with van der Waals surface area (Å²) in [5.74, 6) is 0. The lowest BCUT2D eigenvalue weighted by atomic mass is 10.2. The molecule has 0 fully saturated rings. The molecule has 1 aromatic heterocycles. The van der Waals surface area contributed by atoms with Crippen molar-refractivity contribution < 1.29 is 4.92 Å². The highest BCUT2D eigenvalue weighted by molar-refractivity contribution is 7.19. The number of fused-ring (bicyclic) bond motifs is 1. The van der Waals surface area contributed by atoms with Gasteiger partial charge in [-0.3, -0.25) is 10.1 Å².